The first-order chi connectivity index (χ1) is 18.9. The fraction of sp³-hybridized carbons (Fsp3) is 0.367. The molecular formula is C30H32N2O7. The summed E-state index contributed by atoms with van der Waals surface area (Å²) in [7, 11) is 1.58. The Bertz CT molecular complexity index is 1260. The largest absolute Gasteiger partial charge is 0.497 e. The summed E-state index contributed by atoms with van der Waals surface area (Å²) in [4.78, 5) is 41.3. The van der Waals surface area contributed by atoms with Gasteiger partial charge in [0.1, 0.15) is 35.5 Å². The van der Waals surface area contributed by atoms with Gasteiger partial charge in [-0.15, -0.1) is 0 Å². The SMILES string of the molecule is COc1ccc(CN2C(=O)[C@@H]3[C@H]4OCCC=C[C@H]4O[C@]3(/C=C/OC(C)=O)[C@H]2C(=O)NCc2ccccc2)cc1. The molecule has 2 aromatic carbocycles. The number of carbonyl (C=O) groups is 3. The molecule has 9 nitrogen and oxygen atoms in total. The second kappa shape index (κ2) is 11.4. The van der Waals surface area contributed by atoms with Gasteiger partial charge in [0.05, 0.1) is 20.0 Å². The van der Waals surface area contributed by atoms with Crippen molar-refractivity contribution in [1.29, 1.82) is 0 Å². The molecule has 0 radical (unpaired) electrons. The third kappa shape index (κ3) is 5.32. The fourth-order valence-electron chi connectivity index (χ4n) is 5.58. The molecule has 3 aliphatic rings. The van der Waals surface area contributed by atoms with E-state index in [0.29, 0.717) is 18.8 Å². The number of fused-ring (bicyclic) bond motifs is 3. The first-order valence-corrected chi connectivity index (χ1v) is 13.0. The summed E-state index contributed by atoms with van der Waals surface area (Å²) in [5, 5.41) is 2.99. The van der Waals surface area contributed by atoms with E-state index in [9.17, 15) is 14.4 Å². The molecule has 0 bridgehead atoms. The lowest BCUT2D eigenvalue weighted by atomic mass is 9.82. The maximum atomic E-state index is 14.2. The van der Waals surface area contributed by atoms with Gasteiger partial charge in [0.15, 0.2) is 0 Å². The maximum absolute atomic E-state index is 14.2. The summed E-state index contributed by atoms with van der Waals surface area (Å²) in [6.07, 6.45) is 6.16. The Labute approximate surface area is 227 Å². The van der Waals surface area contributed by atoms with E-state index in [-0.39, 0.29) is 24.9 Å². The van der Waals surface area contributed by atoms with E-state index >= 15 is 0 Å². The number of nitrogens with one attached hydrogen (secondary N) is 1. The van der Waals surface area contributed by atoms with E-state index in [2.05, 4.69) is 5.32 Å². The Hall–Kier alpha value is -3.95. The van der Waals surface area contributed by atoms with Crippen molar-refractivity contribution in [3.8, 4) is 5.75 Å². The first-order valence-electron chi connectivity index (χ1n) is 13.0. The topological polar surface area (TPSA) is 103 Å². The number of amides is 2. The lowest BCUT2D eigenvalue weighted by Gasteiger charge is -2.34. The number of rotatable bonds is 8. The summed E-state index contributed by atoms with van der Waals surface area (Å²) < 4.78 is 23.1. The predicted octanol–water partition coefficient (Wildman–Crippen LogP) is 2.90. The molecule has 0 spiro atoms. The van der Waals surface area contributed by atoms with E-state index < -0.39 is 35.7 Å². The quantitative estimate of drug-likeness (QED) is 0.317. The van der Waals surface area contributed by atoms with Gasteiger partial charge in [-0.1, -0.05) is 54.6 Å². The van der Waals surface area contributed by atoms with Gasteiger partial charge in [-0.3, -0.25) is 14.4 Å². The molecule has 1 N–H and O–H groups in total. The zero-order valence-electron chi connectivity index (χ0n) is 21.9. The van der Waals surface area contributed by atoms with Gasteiger partial charge in [-0.2, -0.15) is 0 Å². The second-order valence-corrected chi connectivity index (χ2v) is 9.80. The van der Waals surface area contributed by atoms with Gasteiger partial charge < -0.3 is 29.2 Å². The lowest BCUT2D eigenvalue weighted by Crippen LogP contribution is -2.55. The predicted molar refractivity (Wildman–Crippen MR) is 141 cm³/mol. The van der Waals surface area contributed by atoms with E-state index in [1.165, 1.54) is 19.3 Å². The summed E-state index contributed by atoms with van der Waals surface area (Å²) in [6, 6.07) is 15.8. The molecule has 2 fully saturated rings. The minimum absolute atomic E-state index is 0.169. The van der Waals surface area contributed by atoms with Gasteiger partial charge in [0.25, 0.3) is 0 Å². The number of ether oxygens (including phenoxy) is 4. The fourth-order valence-corrected chi connectivity index (χ4v) is 5.58. The number of carbonyl (C=O) groups excluding carboxylic acids is 3. The summed E-state index contributed by atoms with van der Waals surface area (Å²) in [6.45, 7) is 2.16. The Kier molecular flexibility index (Phi) is 7.81. The molecule has 2 amide bonds. The highest BCUT2D eigenvalue weighted by Gasteiger charge is 2.70. The third-order valence-electron chi connectivity index (χ3n) is 7.32. The van der Waals surface area contributed by atoms with Gasteiger partial charge in [0.2, 0.25) is 11.8 Å². The van der Waals surface area contributed by atoms with Crippen LogP contribution in [0.1, 0.15) is 24.5 Å². The molecule has 204 valence electrons. The molecular weight excluding hydrogens is 500 g/mol. The van der Waals surface area contributed by atoms with Crippen LogP contribution in [0.25, 0.3) is 0 Å². The Morgan fingerprint density at radius 2 is 1.90 bits per heavy atom. The van der Waals surface area contributed by atoms with Crippen molar-refractivity contribution in [2.24, 2.45) is 5.92 Å². The monoisotopic (exact) mass is 532 g/mol. The molecule has 2 aromatic rings. The van der Waals surface area contributed by atoms with Crippen LogP contribution in [0.4, 0.5) is 0 Å². The van der Waals surface area contributed by atoms with Crippen LogP contribution in [0.5, 0.6) is 5.75 Å². The van der Waals surface area contributed by atoms with Crippen molar-refractivity contribution >= 4 is 17.8 Å². The van der Waals surface area contributed by atoms with Crippen molar-refractivity contribution in [2.45, 2.75) is 50.3 Å². The number of methoxy groups -OCH3 is 1. The first kappa shape index (κ1) is 26.6. The number of hydrogen-bond acceptors (Lipinski definition) is 7. The van der Waals surface area contributed by atoms with E-state index in [1.54, 1.807) is 12.0 Å². The Morgan fingerprint density at radius 3 is 2.62 bits per heavy atom. The van der Waals surface area contributed by atoms with Crippen LogP contribution in [0, 0.1) is 5.92 Å². The van der Waals surface area contributed by atoms with Crippen molar-refractivity contribution in [1.82, 2.24) is 10.2 Å². The van der Waals surface area contributed by atoms with Crippen LogP contribution in [-0.4, -0.2) is 60.3 Å². The van der Waals surface area contributed by atoms with Gasteiger partial charge >= 0.3 is 5.97 Å². The molecule has 3 heterocycles. The summed E-state index contributed by atoms with van der Waals surface area (Å²) in [5.41, 5.74) is 0.320. The molecule has 2 saturated heterocycles. The van der Waals surface area contributed by atoms with Gasteiger partial charge in [-0.25, -0.2) is 0 Å². The molecule has 5 rings (SSSR count). The average Bonchev–Trinajstić information content (AvgIpc) is 3.23. The van der Waals surface area contributed by atoms with Crippen LogP contribution < -0.4 is 10.1 Å². The Balaban J connectivity index is 1.54. The smallest absolute Gasteiger partial charge is 0.307 e. The number of hydrogen-bond donors (Lipinski definition) is 1. The molecule has 39 heavy (non-hydrogen) atoms. The standard InChI is InChI=1S/C30H32N2O7/c1-20(33)37-17-15-30-25(26-24(39-30)10-6-7-16-38-26)29(35)32(19-22-11-13-23(36-2)14-12-22)27(30)28(34)31-18-21-8-4-3-5-9-21/h3-6,8-15,17,24-27H,7,16,18-19H2,1-2H3,(H,31,34)/b17-15+/t24-,25+,26+,27-,30+/m1/s1. The van der Waals surface area contributed by atoms with E-state index in [1.807, 2.05) is 66.7 Å². The van der Waals surface area contributed by atoms with E-state index in [0.717, 1.165) is 11.1 Å². The molecule has 0 saturated carbocycles. The van der Waals surface area contributed by atoms with Crippen molar-refractivity contribution in [3.05, 3.63) is 90.2 Å². The average molecular weight is 533 g/mol. The Morgan fingerprint density at radius 1 is 1.13 bits per heavy atom. The second-order valence-electron chi connectivity index (χ2n) is 9.80. The van der Waals surface area contributed by atoms with Crippen molar-refractivity contribution in [3.63, 3.8) is 0 Å². The molecule has 5 atom stereocenters. The van der Waals surface area contributed by atoms with Crippen LogP contribution in [0.15, 0.2) is 79.1 Å². The summed E-state index contributed by atoms with van der Waals surface area (Å²) in [5.74, 6) is -1.29. The van der Waals surface area contributed by atoms with Crippen LogP contribution in [-0.2, 0) is 41.7 Å². The number of nitrogens with zero attached hydrogens (tertiary/aromatic N) is 1. The number of benzene rings is 2. The highest BCUT2D eigenvalue weighted by Crippen LogP contribution is 2.50. The van der Waals surface area contributed by atoms with Crippen LogP contribution >= 0.6 is 0 Å². The molecule has 0 aliphatic carbocycles. The van der Waals surface area contributed by atoms with Gasteiger partial charge in [-0.05, 0) is 35.8 Å². The minimum atomic E-state index is -1.42. The van der Waals surface area contributed by atoms with Crippen molar-refractivity contribution < 1.29 is 33.3 Å². The zero-order chi connectivity index (χ0) is 27.4. The molecule has 9 heteroatoms. The number of esters is 1. The van der Waals surface area contributed by atoms with E-state index in [4.69, 9.17) is 18.9 Å². The molecule has 0 unspecified atom stereocenters. The molecule has 0 aromatic heterocycles. The maximum Gasteiger partial charge on any atom is 0.307 e. The van der Waals surface area contributed by atoms with Crippen LogP contribution in [0.3, 0.4) is 0 Å². The van der Waals surface area contributed by atoms with Crippen molar-refractivity contribution in [2.75, 3.05) is 13.7 Å². The van der Waals surface area contributed by atoms with Gasteiger partial charge in [0, 0.05) is 20.0 Å². The van der Waals surface area contributed by atoms with Crippen LogP contribution in [0.2, 0.25) is 0 Å². The highest BCUT2D eigenvalue weighted by molar-refractivity contribution is 5.96. The molecule has 3 aliphatic heterocycles. The minimum Gasteiger partial charge on any atom is -0.497 e. The summed E-state index contributed by atoms with van der Waals surface area (Å²) >= 11 is 0. The third-order valence-corrected chi connectivity index (χ3v) is 7.32. The highest BCUT2D eigenvalue weighted by atomic mass is 16.6. The normalized spacial score (nSPS) is 27.6. The number of likely N-dealkylation sites (tertiary alicyclic amines) is 1. The zero-order valence-corrected chi connectivity index (χ0v) is 21.9. The lowest BCUT2D eigenvalue weighted by molar-refractivity contribution is -0.143.